The first-order chi connectivity index (χ1) is 7.81. The zero-order valence-electron chi connectivity index (χ0n) is 10.2. The van der Waals surface area contributed by atoms with E-state index in [2.05, 4.69) is 28.2 Å². The molecule has 1 aromatic rings. The molecule has 0 aromatic carbocycles. The fourth-order valence-electron chi connectivity index (χ4n) is 2.38. The first-order valence-electron chi connectivity index (χ1n) is 6.20. The topological polar surface area (TPSA) is 28.2 Å². The van der Waals surface area contributed by atoms with Crippen LogP contribution in [-0.4, -0.2) is 24.6 Å². The molecule has 0 spiro atoms. The van der Waals surface area contributed by atoms with Crippen molar-refractivity contribution in [3.05, 3.63) is 18.5 Å². The molecule has 1 saturated heterocycles. The van der Waals surface area contributed by atoms with Gasteiger partial charge in [0, 0.05) is 19.6 Å². The van der Waals surface area contributed by atoms with Gasteiger partial charge in [-0.1, -0.05) is 12.8 Å². The van der Waals surface area contributed by atoms with Crippen molar-refractivity contribution >= 4 is 11.4 Å². The highest BCUT2D eigenvalue weighted by atomic mass is 15.2. The number of anilines is 2. The van der Waals surface area contributed by atoms with Crippen molar-refractivity contribution in [1.29, 1.82) is 0 Å². The largest absolute Gasteiger partial charge is 0.387 e. The number of pyridine rings is 1. The van der Waals surface area contributed by atoms with Crippen LogP contribution in [0.2, 0.25) is 0 Å². The van der Waals surface area contributed by atoms with Crippen LogP contribution in [0, 0.1) is 0 Å². The fourth-order valence-corrected chi connectivity index (χ4v) is 2.38. The third kappa shape index (κ3) is 2.46. The van der Waals surface area contributed by atoms with Gasteiger partial charge in [0.05, 0.1) is 23.8 Å². The Kier molecular flexibility index (Phi) is 3.65. The van der Waals surface area contributed by atoms with Crippen LogP contribution in [0.3, 0.4) is 0 Å². The molecular formula is C13H21N3. The van der Waals surface area contributed by atoms with Crippen LogP contribution in [0.15, 0.2) is 18.5 Å². The molecule has 2 rings (SSSR count). The predicted octanol–water partition coefficient (Wildman–Crippen LogP) is 2.89. The Hall–Kier alpha value is -1.25. The molecule has 1 fully saturated rings. The first-order valence-corrected chi connectivity index (χ1v) is 6.20. The molecular weight excluding hydrogens is 198 g/mol. The van der Waals surface area contributed by atoms with Gasteiger partial charge >= 0.3 is 0 Å². The number of aromatic nitrogens is 1. The minimum atomic E-state index is 0.636. The maximum Gasteiger partial charge on any atom is 0.0575 e. The molecule has 16 heavy (non-hydrogen) atoms. The van der Waals surface area contributed by atoms with E-state index in [9.17, 15) is 0 Å². The van der Waals surface area contributed by atoms with E-state index in [1.807, 2.05) is 19.4 Å². The summed E-state index contributed by atoms with van der Waals surface area (Å²) in [5, 5.41) is 3.15. The fraction of sp³-hybridized carbons (Fsp3) is 0.615. The molecule has 0 bridgehead atoms. The van der Waals surface area contributed by atoms with E-state index < -0.39 is 0 Å². The van der Waals surface area contributed by atoms with Crippen molar-refractivity contribution in [3.8, 4) is 0 Å². The molecule has 0 radical (unpaired) electrons. The maximum atomic E-state index is 4.29. The van der Waals surface area contributed by atoms with Crippen molar-refractivity contribution < 1.29 is 0 Å². The van der Waals surface area contributed by atoms with Crippen LogP contribution >= 0.6 is 0 Å². The summed E-state index contributed by atoms with van der Waals surface area (Å²) in [5.74, 6) is 0. The number of nitrogens with zero attached hydrogens (tertiary/aromatic N) is 2. The van der Waals surface area contributed by atoms with E-state index in [1.54, 1.807) is 0 Å². The summed E-state index contributed by atoms with van der Waals surface area (Å²) in [5.41, 5.74) is 2.34. The molecule has 0 aliphatic carbocycles. The quantitative estimate of drug-likeness (QED) is 0.829. The van der Waals surface area contributed by atoms with Crippen molar-refractivity contribution in [2.24, 2.45) is 0 Å². The van der Waals surface area contributed by atoms with Gasteiger partial charge in [0.15, 0.2) is 0 Å². The highest BCUT2D eigenvalue weighted by Crippen LogP contribution is 2.25. The van der Waals surface area contributed by atoms with Gasteiger partial charge in [-0.25, -0.2) is 0 Å². The van der Waals surface area contributed by atoms with Crippen LogP contribution in [-0.2, 0) is 0 Å². The van der Waals surface area contributed by atoms with Crippen LogP contribution in [0.1, 0.15) is 32.6 Å². The zero-order valence-corrected chi connectivity index (χ0v) is 10.2. The number of hydrogen-bond acceptors (Lipinski definition) is 3. The summed E-state index contributed by atoms with van der Waals surface area (Å²) in [6.45, 7) is 3.48. The SMILES string of the molecule is CNc1cncc(N2CCCCCC2C)c1. The minimum absolute atomic E-state index is 0.636. The molecule has 1 atom stereocenters. The molecule has 1 aromatic heterocycles. The Morgan fingerprint density at radius 2 is 2.19 bits per heavy atom. The van der Waals surface area contributed by atoms with Gasteiger partial charge in [0.2, 0.25) is 0 Å². The second-order valence-electron chi connectivity index (χ2n) is 4.57. The summed E-state index contributed by atoms with van der Waals surface area (Å²) in [6, 6.07) is 2.82. The minimum Gasteiger partial charge on any atom is -0.387 e. The van der Waals surface area contributed by atoms with Crippen LogP contribution < -0.4 is 10.2 Å². The summed E-state index contributed by atoms with van der Waals surface area (Å²) in [6.07, 6.45) is 9.16. The van der Waals surface area contributed by atoms with E-state index in [-0.39, 0.29) is 0 Å². The highest BCUT2D eigenvalue weighted by molar-refractivity contribution is 5.55. The molecule has 1 aliphatic rings. The lowest BCUT2D eigenvalue weighted by Crippen LogP contribution is -2.32. The first kappa shape index (κ1) is 11.2. The van der Waals surface area contributed by atoms with Gasteiger partial charge in [-0.05, 0) is 25.8 Å². The lowest BCUT2D eigenvalue weighted by Gasteiger charge is -2.29. The van der Waals surface area contributed by atoms with Crippen molar-refractivity contribution in [3.63, 3.8) is 0 Å². The molecule has 1 N–H and O–H groups in total. The van der Waals surface area contributed by atoms with Gasteiger partial charge in [-0.3, -0.25) is 4.98 Å². The molecule has 1 unspecified atom stereocenters. The van der Waals surface area contributed by atoms with Gasteiger partial charge in [-0.2, -0.15) is 0 Å². The predicted molar refractivity (Wildman–Crippen MR) is 69.1 cm³/mol. The lowest BCUT2D eigenvalue weighted by atomic mass is 10.1. The normalized spacial score (nSPS) is 21.6. The van der Waals surface area contributed by atoms with E-state index >= 15 is 0 Å². The summed E-state index contributed by atoms with van der Waals surface area (Å²) in [7, 11) is 1.94. The van der Waals surface area contributed by atoms with Crippen LogP contribution in [0.5, 0.6) is 0 Å². The molecule has 0 saturated carbocycles. The maximum absolute atomic E-state index is 4.29. The molecule has 0 amide bonds. The van der Waals surface area contributed by atoms with Gasteiger partial charge in [0.1, 0.15) is 0 Å². The number of nitrogens with one attached hydrogen (secondary N) is 1. The second-order valence-corrected chi connectivity index (χ2v) is 4.57. The highest BCUT2D eigenvalue weighted by Gasteiger charge is 2.17. The lowest BCUT2D eigenvalue weighted by molar-refractivity contribution is 0.615. The monoisotopic (exact) mass is 219 g/mol. The summed E-state index contributed by atoms with van der Waals surface area (Å²) < 4.78 is 0. The van der Waals surface area contributed by atoms with E-state index in [0.29, 0.717) is 6.04 Å². The Morgan fingerprint density at radius 3 is 3.00 bits per heavy atom. The third-order valence-corrected chi connectivity index (χ3v) is 3.40. The van der Waals surface area contributed by atoms with Crippen LogP contribution in [0.25, 0.3) is 0 Å². The summed E-state index contributed by atoms with van der Waals surface area (Å²) in [4.78, 5) is 6.78. The second kappa shape index (κ2) is 5.19. The molecule has 3 heteroatoms. The standard InChI is InChI=1S/C13H21N3/c1-11-6-4-3-5-7-16(11)13-8-12(14-2)9-15-10-13/h8-11,14H,3-7H2,1-2H3. The Balaban J connectivity index is 2.19. The van der Waals surface area contributed by atoms with Crippen molar-refractivity contribution in [2.75, 3.05) is 23.8 Å². The molecule has 88 valence electrons. The molecule has 2 heterocycles. The van der Waals surface area contributed by atoms with E-state index in [4.69, 9.17) is 0 Å². The Labute approximate surface area is 97.9 Å². The summed E-state index contributed by atoms with van der Waals surface area (Å²) >= 11 is 0. The van der Waals surface area contributed by atoms with Crippen LogP contribution in [0.4, 0.5) is 11.4 Å². The Morgan fingerprint density at radius 1 is 1.31 bits per heavy atom. The van der Waals surface area contributed by atoms with Crippen molar-refractivity contribution in [2.45, 2.75) is 38.6 Å². The molecule has 3 nitrogen and oxygen atoms in total. The Bertz CT molecular complexity index is 338. The number of hydrogen-bond donors (Lipinski definition) is 1. The average molecular weight is 219 g/mol. The average Bonchev–Trinajstić information content (AvgIpc) is 2.54. The van der Waals surface area contributed by atoms with Gasteiger partial charge in [0.25, 0.3) is 0 Å². The zero-order chi connectivity index (χ0) is 11.4. The number of rotatable bonds is 2. The van der Waals surface area contributed by atoms with Gasteiger partial charge < -0.3 is 10.2 Å². The smallest absolute Gasteiger partial charge is 0.0575 e. The molecule has 1 aliphatic heterocycles. The third-order valence-electron chi connectivity index (χ3n) is 3.40. The van der Waals surface area contributed by atoms with Crippen molar-refractivity contribution in [1.82, 2.24) is 4.98 Å². The van der Waals surface area contributed by atoms with E-state index in [0.717, 1.165) is 12.2 Å². The van der Waals surface area contributed by atoms with Gasteiger partial charge in [-0.15, -0.1) is 0 Å². The van der Waals surface area contributed by atoms with E-state index in [1.165, 1.54) is 31.4 Å².